The van der Waals surface area contributed by atoms with Gasteiger partial charge < -0.3 is 5.32 Å². The van der Waals surface area contributed by atoms with E-state index in [-0.39, 0.29) is 5.82 Å². The van der Waals surface area contributed by atoms with Crippen molar-refractivity contribution in [3.63, 3.8) is 0 Å². The number of fused-ring (bicyclic) bond motifs is 1. The highest BCUT2D eigenvalue weighted by Gasteiger charge is 2.53. The molecule has 1 aromatic carbocycles. The number of hydrogen-bond donors (Lipinski definition) is 1. The fourth-order valence-corrected chi connectivity index (χ4v) is 4.24. The van der Waals surface area contributed by atoms with Gasteiger partial charge in [0.05, 0.1) is 4.47 Å². The van der Waals surface area contributed by atoms with Crippen molar-refractivity contribution in [3.8, 4) is 0 Å². The molecule has 0 radical (unpaired) electrons. The first kappa shape index (κ1) is 13.6. The van der Waals surface area contributed by atoms with E-state index in [9.17, 15) is 4.39 Å². The molecule has 0 aromatic heterocycles. The molecule has 1 nitrogen and oxygen atoms in total. The molecule has 0 amide bonds. The Balaban J connectivity index is 1.79. The van der Waals surface area contributed by atoms with Gasteiger partial charge in [0.15, 0.2) is 0 Å². The van der Waals surface area contributed by atoms with Crippen LogP contribution >= 0.6 is 15.9 Å². The summed E-state index contributed by atoms with van der Waals surface area (Å²) in [7, 11) is 0. The van der Waals surface area contributed by atoms with Gasteiger partial charge in [0.2, 0.25) is 0 Å². The van der Waals surface area contributed by atoms with Crippen molar-refractivity contribution < 1.29 is 4.39 Å². The predicted molar refractivity (Wildman–Crippen MR) is 79.6 cm³/mol. The lowest BCUT2D eigenvalue weighted by molar-refractivity contribution is 0.250. The van der Waals surface area contributed by atoms with Crippen molar-refractivity contribution in [2.45, 2.75) is 32.6 Å². The Morgan fingerprint density at radius 2 is 2.11 bits per heavy atom. The molecule has 104 valence electrons. The molecular weight excluding hydrogens is 305 g/mol. The van der Waals surface area contributed by atoms with Crippen molar-refractivity contribution in [2.24, 2.45) is 17.3 Å². The number of nitrogens with one attached hydrogen (secondary N) is 1. The highest BCUT2D eigenvalue weighted by molar-refractivity contribution is 9.10. The summed E-state index contributed by atoms with van der Waals surface area (Å²) in [5, 5.41) is 3.52. The van der Waals surface area contributed by atoms with Crippen molar-refractivity contribution in [2.75, 3.05) is 13.1 Å². The van der Waals surface area contributed by atoms with Crippen LogP contribution < -0.4 is 5.32 Å². The maximum atomic E-state index is 13.7. The van der Waals surface area contributed by atoms with Crippen LogP contribution in [0.2, 0.25) is 0 Å². The van der Waals surface area contributed by atoms with E-state index in [2.05, 4.69) is 34.2 Å². The first-order chi connectivity index (χ1) is 9.13. The van der Waals surface area contributed by atoms with Crippen LogP contribution in [0.4, 0.5) is 4.39 Å². The fourth-order valence-electron chi connectivity index (χ4n) is 3.84. The Bertz CT molecular complexity index is 464. The third-order valence-electron chi connectivity index (χ3n) is 4.81. The maximum Gasteiger partial charge on any atom is 0.137 e. The van der Waals surface area contributed by atoms with Crippen molar-refractivity contribution >= 4 is 15.9 Å². The first-order valence-corrected chi connectivity index (χ1v) is 8.06. The van der Waals surface area contributed by atoms with Gasteiger partial charge >= 0.3 is 0 Å². The zero-order chi connectivity index (χ0) is 13.5. The van der Waals surface area contributed by atoms with Gasteiger partial charge in [-0.2, -0.15) is 0 Å². The van der Waals surface area contributed by atoms with Crippen LogP contribution in [0.25, 0.3) is 0 Å². The van der Waals surface area contributed by atoms with Gasteiger partial charge in [0.1, 0.15) is 5.82 Å². The summed E-state index contributed by atoms with van der Waals surface area (Å²) < 4.78 is 14.3. The quantitative estimate of drug-likeness (QED) is 0.857. The molecular formula is C16H21BrFN. The summed E-state index contributed by atoms with van der Waals surface area (Å²) in [6.45, 7) is 4.24. The first-order valence-electron chi connectivity index (χ1n) is 7.27. The van der Waals surface area contributed by atoms with Crippen LogP contribution in [-0.4, -0.2) is 13.1 Å². The highest BCUT2D eigenvalue weighted by Crippen LogP contribution is 2.60. The third-order valence-corrected chi connectivity index (χ3v) is 5.69. The van der Waals surface area contributed by atoms with Crippen LogP contribution in [0.5, 0.6) is 0 Å². The lowest BCUT2D eigenvalue weighted by Crippen LogP contribution is -2.35. The van der Waals surface area contributed by atoms with Gasteiger partial charge in [-0.05, 0) is 77.0 Å². The average molecular weight is 326 g/mol. The fraction of sp³-hybridized carbons (Fsp3) is 0.625. The maximum absolute atomic E-state index is 13.7. The predicted octanol–water partition coefficient (Wildman–Crippen LogP) is 4.16. The molecule has 19 heavy (non-hydrogen) atoms. The van der Waals surface area contributed by atoms with Crippen LogP contribution in [0.3, 0.4) is 0 Å². The minimum Gasteiger partial charge on any atom is -0.316 e. The summed E-state index contributed by atoms with van der Waals surface area (Å²) in [5.41, 5.74) is 1.47. The average Bonchev–Trinajstić information content (AvgIpc) is 3.01. The molecule has 0 saturated heterocycles. The van der Waals surface area contributed by atoms with Gasteiger partial charge in [0.25, 0.3) is 0 Å². The summed E-state index contributed by atoms with van der Waals surface area (Å²) in [5.74, 6) is 1.76. The van der Waals surface area contributed by atoms with Gasteiger partial charge in [-0.15, -0.1) is 0 Å². The van der Waals surface area contributed by atoms with Gasteiger partial charge in [-0.3, -0.25) is 0 Å². The molecule has 0 aliphatic heterocycles. The standard InChI is InChI=1S/C16H21BrFN/c1-2-19-10-16(8-12-6-13(12)9-16)7-11-4-3-5-14(18)15(11)17/h3-5,12-13,19H,2,6-10H2,1H3. The number of benzene rings is 1. The van der Waals surface area contributed by atoms with Gasteiger partial charge in [-0.25, -0.2) is 4.39 Å². The summed E-state index contributed by atoms with van der Waals surface area (Å²) in [6, 6.07) is 5.41. The second-order valence-electron chi connectivity index (χ2n) is 6.33. The van der Waals surface area contributed by atoms with Crippen molar-refractivity contribution in [1.29, 1.82) is 0 Å². The van der Waals surface area contributed by atoms with Crippen molar-refractivity contribution in [1.82, 2.24) is 5.32 Å². The van der Waals surface area contributed by atoms with Gasteiger partial charge in [-0.1, -0.05) is 19.1 Å². The Labute approximate surface area is 123 Å². The van der Waals surface area contributed by atoms with Crippen LogP contribution in [0.1, 0.15) is 31.7 Å². The van der Waals surface area contributed by atoms with Gasteiger partial charge in [0, 0.05) is 6.54 Å². The number of rotatable bonds is 5. The minimum atomic E-state index is -0.140. The monoisotopic (exact) mass is 325 g/mol. The topological polar surface area (TPSA) is 12.0 Å². The molecule has 0 bridgehead atoms. The molecule has 2 aliphatic carbocycles. The van der Waals surface area contributed by atoms with Crippen LogP contribution in [0, 0.1) is 23.1 Å². The minimum absolute atomic E-state index is 0.140. The smallest absolute Gasteiger partial charge is 0.137 e. The lowest BCUT2D eigenvalue weighted by Gasteiger charge is -2.32. The second-order valence-corrected chi connectivity index (χ2v) is 7.13. The zero-order valence-corrected chi connectivity index (χ0v) is 13.0. The number of halogens is 2. The summed E-state index contributed by atoms with van der Waals surface area (Å²) >= 11 is 3.41. The normalized spacial score (nSPS) is 32.4. The van der Waals surface area contributed by atoms with E-state index in [0.29, 0.717) is 9.89 Å². The largest absolute Gasteiger partial charge is 0.316 e. The second kappa shape index (κ2) is 5.17. The van der Waals surface area contributed by atoms with E-state index in [0.717, 1.165) is 36.9 Å². The van der Waals surface area contributed by atoms with Crippen LogP contribution in [0.15, 0.2) is 22.7 Å². The molecule has 2 aliphatic rings. The van der Waals surface area contributed by atoms with E-state index >= 15 is 0 Å². The number of hydrogen-bond acceptors (Lipinski definition) is 1. The zero-order valence-electron chi connectivity index (χ0n) is 11.4. The molecule has 0 heterocycles. The van der Waals surface area contributed by atoms with Crippen LogP contribution in [-0.2, 0) is 6.42 Å². The molecule has 2 atom stereocenters. The molecule has 2 fully saturated rings. The Morgan fingerprint density at radius 3 is 2.79 bits per heavy atom. The van der Waals surface area contributed by atoms with E-state index in [1.807, 2.05) is 6.07 Å². The molecule has 2 saturated carbocycles. The third kappa shape index (κ3) is 2.73. The van der Waals surface area contributed by atoms with E-state index < -0.39 is 0 Å². The Hall–Kier alpha value is -0.410. The molecule has 1 N–H and O–H groups in total. The Morgan fingerprint density at radius 1 is 1.37 bits per heavy atom. The molecule has 2 unspecified atom stereocenters. The van der Waals surface area contributed by atoms with E-state index in [1.54, 1.807) is 0 Å². The SMILES string of the molecule is CCNCC1(Cc2cccc(F)c2Br)CC2CC2C1. The Kier molecular flexibility index (Phi) is 3.69. The molecule has 1 aromatic rings. The van der Waals surface area contributed by atoms with E-state index in [4.69, 9.17) is 0 Å². The molecule has 3 rings (SSSR count). The molecule has 3 heteroatoms. The van der Waals surface area contributed by atoms with Crippen molar-refractivity contribution in [3.05, 3.63) is 34.1 Å². The summed E-state index contributed by atoms with van der Waals surface area (Å²) in [4.78, 5) is 0. The lowest BCUT2D eigenvalue weighted by atomic mass is 9.77. The highest BCUT2D eigenvalue weighted by atomic mass is 79.9. The van der Waals surface area contributed by atoms with E-state index in [1.165, 1.54) is 25.3 Å². The summed E-state index contributed by atoms with van der Waals surface area (Å²) in [6.07, 6.45) is 5.05. The molecule has 0 spiro atoms.